The summed E-state index contributed by atoms with van der Waals surface area (Å²) in [5.41, 5.74) is 5.29. The van der Waals surface area contributed by atoms with Gasteiger partial charge in [0, 0.05) is 31.1 Å². The van der Waals surface area contributed by atoms with Crippen LogP contribution in [-0.2, 0) is 11.2 Å². The molecule has 1 fully saturated rings. The molecule has 3 heteroatoms. The highest BCUT2D eigenvalue weighted by Gasteiger charge is 2.35. The molecule has 4 atom stereocenters. The molecule has 5 rings (SSSR count). The highest BCUT2D eigenvalue weighted by molar-refractivity contribution is 5.54. The first-order chi connectivity index (χ1) is 15.2. The number of aldehydes is 1. The van der Waals surface area contributed by atoms with E-state index in [2.05, 4.69) is 59.5 Å². The predicted octanol–water partition coefficient (Wildman–Crippen LogP) is 5.63. The molecule has 1 heterocycles. The average Bonchev–Trinajstić information content (AvgIpc) is 3.28. The van der Waals surface area contributed by atoms with Crippen LogP contribution in [0.2, 0.25) is 0 Å². The van der Waals surface area contributed by atoms with Crippen molar-refractivity contribution in [3.8, 4) is 5.75 Å². The van der Waals surface area contributed by atoms with Crippen LogP contribution in [0.1, 0.15) is 48.3 Å². The Morgan fingerprint density at radius 3 is 2.71 bits per heavy atom. The highest BCUT2D eigenvalue weighted by atomic mass is 16.3. The zero-order chi connectivity index (χ0) is 21.2. The van der Waals surface area contributed by atoms with Crippen LogP contribution in [0.4, 0.5) is 5.69 Å². The number of hydrogen-bond donors (Lipinski definition) is 1. The van der Waals surface area contributed by atoms with E-state index >= 15 is 0 Å². The van der Waals surface area contributed by atoms with Crippen LogP contribution in [0.15, 0.2) is 66.8 Å². The van der Waals surface area contributed by atoms with Crippen LogP contribution in [-0.4, -0.2) is 24.5 Å². The Hall–Kier alpha value is -2.81. The Bertz CT molecular complexity index is 991. The Labute approximate surface area is 185 Å². The van der Waals surface area contributed by atoms with Crippen molar-refractivity contribution in [3.63, 3.8) is 0 Å². The minimum atomic E-state index is 0.348. The number of nitrogens with zero attached hydrogens (tertiary/aromatic N) is 1. The minimum Gasteiger partial charge on any atom is -0.508 e. The van der Waals surface area contributed by atoms with E-state index in [-0.39, 0.29) is 0 Å². The van der Waals surface area contributed by atoms with Crippen molar-refractivity contribution < 1.29 is 9.90 Å². The van der Waals surface area contributed by atoms with E-state index in [9.17, 15) is 9.90 Å². The zero-order valence-electron chi connectivity index (χ0n) is 18.0. The lowest BCUT2D eigenvalue weighted by molar-refractivity contribution is -0.108. The summed E-state index contributed by atoms with van der Waals surface area (Å²) in [7, 11) is 0. The largest absolute Gasteiger partial charge is 0.508 e. The van der Waals surface area contributed by atoms with Gasteiger partial charge in [0.05, 0.1) is 0 Å². The van der Waals surface area contributed by atoms with Crippen molar-refractivity contribution >= 4 is 12.0 Å². The standard InChI is InChI=1S/C28H31NO2/c30-17-15-20-14-16-29(19-20)24-9-6-22(7-10-24)28-26(21-4-2-1-3-5-21)12-8-23-18-25(31)11-13-27(23)28/h1-4,6-7,9-11,13,17-18,20-21,26,28,31H,5,8,12,14-16,19H2/t20?,21?,26-,28+/m1/s1. The molecule has 2 unspecified atom stereocenters. The van der Waals surface area contributed by atoms with Crippen LogP contribution in [0.3, 0.4) is 0 Å². The Kier molecular flexibility index (Phi) is 5.67. The maximum atomic E-state index is 10.9. The van der Waals surface area contributed by atoms with E-state index in [1.807, 2.05) is 12.1 Å². The molecule has 0 radical (unpaired) electrons. The number of aryl methyl sites for hydroxylation is 1. The number of rotatable bonds is 5. The Balaban J connectivity index is 1.45. The minimum absolute atomic E-state index is 0.348. The third kappa shape index (κ3) is 4.06. The number of allylic oxidation sites excluding steroid dienone is 4. The van der Waals surface area contributed by atoms with E-state index in [0.29, 0.717) is 35.8 Å². The molecule has 1 aliphatic heterocycles. The fourth-order valence-electron chi connectivity index (χ4n) is 5.92. The fourth-order valence-corrected chi connectivity index (χ4v) is 5.92. The van der Waals surface area contributed by atoms with Crippen LogP contribution < -0.4 is 4.90 Å². The zero-order valence-corrected chi connectivity index (χ0v) is 18.0. The molecule has 0 saturated carbocycles. The van der Waals surface area contributed by atoms with Gasteiger partial charge in [-0.15, -0.1) is 0 Å². The predicted molar refractivity (Wildman–Crippen MR) is 126 cm³/mol. The quantitative estimate of drug-likeness (QED) is 0.646. The summed E-state index contributed by atoms with van der Waals surface area (Å²) in [6, 6.07) is 15.1. The molecule has 0 bridgehead atoms. The van der Waals surface area contributed by atoms with Gasteiger partial charge >= 0.3 is 0 Å². The van der Waals surface area contributed by atoms with Crippen molar-refractivity contribution in [2.24, 2.45) is 17.8 Å². The molecular formula is C28H31NO2. The van der Waals surface area contributed by atoms with Crippen LogP contribution in [0, 0.1) is 17.8 Å². The van der Waals surface area contributed by atoms with Gasteiger partial charge < -0.3 is 14.8 Å². The fraction of sp³-hybridized carbons (Fsp3) is 0.393. The SMILES string of the molecule is O=CCC1CCN(c2ccc([C@@H]3c4ccc(O)cc4CC[C@@H]3C3C=CC=CC3)cc2)C1. The van der Waals surface area contributed by atoms with Gasteiger partial charge in [0.2, 0.25) is 0 Å². The van der Waals surface area contributed by atoms with E-state index in [1.54, 1.807) is 0 Å². The first-order valence-electron chi connectivity index (χ1n) is 11.7. The van der Waals surface area contributed by atoms with Crippen LogP contribution in [0.25, 0.3) is 0 Å². The van der Waals surface area contributed by atoms with E-state index in [0.717, 1.165) is 45.1 Å². The van der Waals surface area contributed by atoms with Gasteiger partial charge in [-0.2, -0.15) is 0 Å². The lowest BCUT2D eigenvalue weighted by Crippen LogP contribution is -2.28. The first-order valence-corrected chi connectivity index (χ1v) is 11.7. The number of aromatic hydroxyl groups is 1. The number of phenolic OH excluding ortho intramolecular Hbond substituents is 1. The number of anilines is 1. The third-order valence-electron chi connectivity index (χ3n) is 7.53. The van der Waals surface area contributed by atoms with E-state index < -0.39 is 0 Å². The molecule has 2 aliphatic carbocycles. The van der Waals surface area contributed by atoms with Crippen molar-refractivity contribution in [2.45, 2.75) is 38.0 Å². The molecule has 2 aromatic rings. The maximum absolute atomic E-state index is 10.9. The van der Waals surface area contributed by atoms with Crippen molar-refractivity contribution in [1.82, 2.24) is 0 Å². The monoisotopic (exact) mass is 413 g/mol. The lowest BCUT2D eigenvalue weighted by atomic mass is 9.66. The van der Waals surface area contributed by atoms with Gasteiger partial charge in [-0.3, -0.25) is 0 Å². The van der Waals surface area contributed by atoms with E-state index in [1.165, 1.54) is 22.4 Å². The summed E-state index contributed by atoms with van der Waals surface area (Å²) in [4.78, 5) is 13.3. The number of hydrogen-bond acceptors (Lipinski definition) is 3. The first kappa shape index (κ1) is 20.1. The van der Waals surface area contributed by atoms with Crippen molar-refractivity contribution in [2.75, 3.05) is 18.0 Å². The number of carbonyl (C=O) groups is 1. The van der Waals surface area contributed by atoms with Crippen molar-refractivity contribution in [3.05, 3.63) is 83.5 Å². The number of fused-ring (bicyclic) bond motifs is 1. The van der Waals surface area contributed by atoms with Gasteiger partial charge in [-0.25, -0.2) is 0 Å². The Morgan fingerprint density at radius 2 is 1.94 bits per heavy atom. The summed E-state index contributed by atoms with van der Waals surface area (Å²) in [6.07, 6.45) is 15.1. The van der Waals surface area contributed by atoms with Crippen molar-refractivity contribution in [1.29, 1.82) is 0 Å². The van der Waals surface area contributed by atoms with Gasteiger partial charge in [0.1, 0.15) is 12.0 Å². The summed E-state index contributed by atoms with van der Waals surface area (Å²) in [5, 5.41) is 10.0. The summed E-state index contributed by atoms with van der Waals surface area (Å²) < 4.78 is 0. The molecule has 0 spiro atoms. The highest BCUT2D eigenvalue weighted by Crippen LogP contribution is 2.47. The second kappa shape index (κ2) is 8.74. The molecule has 160 valence electrons. The molecular weight excluding hydrogens is 382 g/mol. The summed E-state index contributed by atoms with van der Waals surface area (Å²) >= 11 is 0. The molecule has 3 nitrogen and oxygen atoms in total. The molecule has 2 aromatic carbocycles. The lowest BCUT2D eigenvalue weighted by Gasteiger charge is -2.38. The summed E-state index contributed by atoms with van der Waals surface area (Å²) in [6.45, 7) is 2.01. The molecule has 0 aromatic heterocycles. The second-order valence-electron chi connectivity index (χ2n) is 9.37. The van der Waals surface area contributed by atoms with Gasteiger partial charge in [-0.05, 0) is 84.4 Å². The molecule has 31 heavy (non-hydrogen) atoms. The van der Waals surface area contributed by atoms with Crippen LogP contribution in [0.5, 0.6) is 5.75 Å². The normalized spacial score (nSPS) is 27.3. The molecule has 1 saturated heterocycles. The number of carbonyl (C=O) groups excluding carboxylic acids is 1. The third-order valence-corrected chi connectivity index (χ3v) is 7.53. The molecule has 3 aliphatic rings. The van der Waals surface area contributed by atoms with Crippen LogP contribution >= 0.6 is 0 Å². The molecule has 1 N–H and O–H groups in total. The molecule has 0 amide bonds. The topological polar surface area (TPSA) is 40.5 Å². The van der Waals surface area contributed by atoms with E-state index in [4.69, 9.17) is 0 Å². The smallest absolute Gasteiger partial charge is 0.120 e. The van der Waals surface area contributed by atoms with Gasteiger partial charge in [0.15, 0.2) is 0 Å². The number of benzene rings is 2. The average molecular weight is 414 g/mol. The maximum Gasteiger partial charge on any atom is 0.120 e. The van der Waals surface area contributed by atoms with Gasteiger partial charge in [0.25, 0.3) is 0 Å². The Morgan fingerprint density at radius 1 is 1.06 bits per heavy atom. The summed E-state index contributed by atoms with van der Waals surface area (Å²) in [5.74, 6) is 2.32. The van der Waals surface area contributed by atoms with Gasteiger partial charge in [-0.1, -0.05) is 42.5 Å². The second-order valence-corrected chi connectivity index (χ2v) is 9.37. The number of phenols is 1.